The van der Waals surface area contributed by atoms with Gasteiger partial charge < -0.3 is 9.47 Å². The van der Waals surface area contributed by atoms with Gasteiger partial charge in [0, 0.05) is 19.4 Å². The molecule has 1 aliphatic carbocycles. The SMILES string of the molecule is Cc1cc(S(=O)(=O)NC[C@@H]2COC3(CCCC3)O2)c(Cl)cc1F. The van der Waals surface area contributed by atoms with Crippen molar-refractivity contribution in [2.45, 2.75) is 49.4 Å². The highest BCUT2D eigenvalue weighted by molar-refractivity contribution is 7.89. The molecule has 0 unspecified atom stereocenters. The molecule has 1 aromatic carbocycles. The van der Waals surface area contributed by atoms with E-state index in [0.29, 0.717) is 6.61 Å². The highest BCUT2D eigenvalue weighted by Crippen LogP contribution is 2.39. The number of benzene rings is 1. The molecule has 0 radical (unpaired) electrons. The number of sulfonamides is 1. The summed E-state index contributed by atoms with van der Waals surface area (Å²) in [5, 5.41) is -0.142. The molecule has 0 aromatic heterocycles. The number of halogens is 2. The molecule has 8 heteroatoms. The van der Waals surface area contributed by atoms with Crippen LogP contribution in [0.2, 0.25) is 5.02 Å². The van der Waals surface area contributed by atoms with Crippen LogP contribution in [0.1, 0.15) is 31.2 Å². The predicted molar refractivity (Wildman–Crippen MR) is 83.4 cm³/mol. The monoisotopic (exact) mass is 363 g/mol. The van der Waals surface area contributed by atoms with E-state index in [1.165, 1.54) is 13.0 Å². The summed E-state index contributed by atoms with van der Waals surface area (Å²) in [5.74, 6) is -1.06. The molecule has 1 saturated heterocycles. The summed E-state index contributed by atoms with van der Waals surface area (Å²) < 4.78 is 52.2. The van der Waals surface area contributed by atoms with Crippen molar-refractivity contribution in [2.75, 3.05) is 13.2 Å². The molecule has 1 aliphatic heterocycles. The zero-order valence-corrected chi connectivity index (χ0v) is 14.3. The minimum atomic E-state index is -3.84. The first-order valence-electron chi connectivity index (χ1n) is 7.58. The number of hydrogen-bond donors (Lipinski definition) is 1. The average molecular weight is 364 g/mol. The lowest BCUT2D eigenvalue weighted by atomic mass is 10.2. The quantitative estimate of drug-likeness (QED) is 0.893. The molecule has 0 bridgehead atoms. The van der Waals surface area contributed by atoms with E-state index in [4.69, 9.17) is 21.1 Å². The minimum absolute atomic E-state index is 0.0941. The second-order valence-electron chi connectivity index (χ2n) is 6.05. The summed E-state index contributed by atoms with van der Waals surface area (Å²) >= 11 is 5.86. The van der Waals surface area contributed by atoms with E-state index in [2.05, 4.69) is 4.72 Å². The number of aryl methyl sites for hydroxylation is 1. The molecular weight excluding hydrogens is 345 g/mol. The van der Waals surface area contributed by atoms with Crippen LogP contribution in [0, 0.1) is 12.7 Å². The summed E-state index contributed by atoms with van der Waals surface area (Å²) in [4.78, 5) is -0.132. The Bertz CT molecular complexity index is 704. The molecule has 0 amide bonds. The lowest BCUT2D eigenvalue weighted by Crippen LogP contribution is -2.35. The number of nitrogens with one attached hydrogen (secondary N) is 1. The summed E-state index contributed by atoms with van der Waals surface area (Å²) in [6.45, 7) is 1.94. The molecule has 23 heavy (non-hydrogen) atoms. The molecular formula is C15H19ClFNO4S. The largest absolute Gasteiger partial charge is 0.347 e. The van der Waals surface area contributed by atoms with Crippen LogP contribution in [0.25, 0.3) is 0 Å². The molecule has 2 fully saturated rings. The summed E-state index contributed by atoms with van der Waals surface area (Å²) in [6, 6.07) is 2.23. The van der Waals surface area contributed by atoms with Crippen LogP contribution in [0.5, 0.6) is 0 Å². The van der Waals surface area contributed by atoms with Crippen molar-refractivity contribution in [3.8, 4) is 0 Å². The van der Waals surface area contributed by atoms with E-state index in [1.54, 1.807) is 0 Å². The van der Waals surface area contributed by atoms with Gasteiger partial charge >= 0.3 is 0 Å². The second kappa shape index (κ2) is 6.29. The number of ether oxygens (including phenoxy) is 2. The van der Waals surface area contributed by atoms with Crippen LogP contribution in [-0.2, 0) is 19.5 Å². The third kappa shape index (κ3) is 3.53. The molecule has 128 valence electrons. The molecule has 1 saturated carbocycles. The molecule has 1 atom stereocenters. The van der Waals surface area contributed by atoms with Crippen LogP contribution >= 0.6 is 11.6 Å². The van der Waals surface area contributed by atoms with E-state index in [9.17, 15) is 12.8 Å². The third-order valence-corrected chi connectivity index (χ3v) is 6.17. The van der Waals surface area contributed by atoms with Crippen LogP contribution in [0.15, 0.2) is 17.0 Å². The van der Waals surface area contributed by atoms with Crippen LogP contribution in [0.3, 0.4) is 0 Å². The van der Waals surface area contributed by atoms with Gasteiger partial charge in [-0.3, -0.25) is 0 Å². The normalized spacial score (nSPS) is 23.7. The Morgan fingerprint density at radius 2 is 2.09 bits per heavy atom. The van der Waals surface area contributed by atoms with Gasteiger partial charge in [-0.2, -0.15) is 0 Å². The van der Waals surface area contributed by atoms with E-state index in [0.717, 1.165) is 31.7 Å². The Kier molecular flexibility index (Phi) is 4.68. The number of rotatable bonds is 4. The van der Waals surface area contributed by atoms with Crippen molar-refractivity contribution >= 4 is 21.6 Å². The molecule has 1 heterocycles. The topological polar surface area (TPSA) is 64.6 Å². The van der Waals surface area contributed by atoms with Crippen molar-refractivity contribution < 1.29 is 22.3 Å². The highest BCUT2D eigenvalue weighted by atomic mass is 35.5. The van der Waals surface area contributed by atoms with Crippen molar-refractivity contribution in [3.63, 3.8) is 0 Å². The van der Waals surface area contributed by atoms with E-state index in [1.807, 2.05) is 0 Å². The summed E-state index contributed by atoms with van der Waals surface area (Å²) in [5.41, 5.74) is 0.222. The molecule has 5 nitrogen and oxygen atoms in total. The van der Waals surface area contributed by atoms with Crippen LogP contribution in [-0.4, -0.2) is 33.5 Å². The molecule has 1 N–H and O–H groups in total. The fraction of sp³-hybridized carbons (Fsp3) is 0.600. The van der Waals surface area contributed by atoms with Crippen molar-refractivity contribution in [2.24, 2.45) is 0 Å². The maximum atomic E-state index is 13.4. The van der Waals surface area contributed by atoms with Crippen molar-refractivity contribution in [3.05, 3.63) is 28.5 Å². The average Bonchev–Trinajstić information content (AvgIpc) is 3.11. The van der Waals surface area contributed by atoms with Gasteiger partial charge in [-0.1, -0.05) is 11.6 Å². The highest BCUT2D eigenvalue weighted by Gasteiger charge is 2.43. The van der Waals surface area contributed by atoms with Gasteiger partial charge in [-0.15, -0.1) is 0 Å². The van der Waals surface area contributed by atoms with Crippen LogP contribution < -0.4 is 4.72 Å². The second-order valence-corrected chi connectivity index (χ2v) is 8.19. The fourth-order valence-corrected chi connectivity index (χ4v) is 4.67. The maximum absolute atomic E-state index is 13.4. The first-order valence-corrected chi connectivity index (χ1v) is 9.45. The van der Waals surface area contributed by atoms with Crippen molar-refractivity contribution in [1.29, 1.82) is 0 Å². The standard InChI is InChI=1S/C15H19ClFNO4S/c1-10-6-14(12(16)7-13(10)17)23(19,20)18-8-11-9-21-15(22-11)4-2-3-5-15/h6-7,11,18H,2-5,8-9H2,1H3/t11-/m1/s1. The van der Waals surface area contributed by atoms with E-state index in [-0.39, 0.29) is 28.1 Å². The van der Waals surface area contributed by atoms with Gasteiger partial charge in [-0.05, 0) is 37.5 Å². The molecule has 1 spiro atoms. The predicted octanol–water partition coefficient (Wildman–Crippen LogP) is 2.75. The smallest absolute Gasteiger partial charge is 0.242 e. The molecule has 1 aromatic rings. The van der Waals surface area contributed by atoms with Crippen molar-refractivity contribution in [1.82, 2.24) is 4.72 Å². The first kappa shape index (κ1) is 17.1. The van der Waals surface area contributed by atoms with Gasteiger partial charge in [0.2, 0.25) is 10.0 Å². The van der Waals surface area contributed by atoms with Gasteiger partial charge in [0.1, 0.15) is 10.7 Å². The van der Waals surface area contributed by atoms with Gasteiger partial charge in [0.15, 0.2) is 5.79 Å². The summed E-state index contributed by atoms with van der Waals surface area (Å²) in [7, 11) is -3.84. The Hall–Kier alpha value is -0.730. The Labute approximate surface area is 140 Å². The van der Waals surface area contributed by atoms with Crippen LogP contribution in [0.4, 0.5) is 4.39 Å². The zero-order chi connectivity index (χ0) is 16.7. The van der Waals surface area contributed by atoms with E-state index >= 15 is 0 Å². The van der Waals surface area contributed by atoms with Gasteiger partial charge in [-0.25, -0.2) is 17.5 Å². The molecule has 2 aliphatic rings. The Morgan fingerprint density at radius 1 is 1.39 bits per heavy atom. The fourth-order valence-electron chi connectivity index (χ4n) is 3.01. The first-order chi connectivity index (χ1) is 10.8. The van der Waals surface area contributed by atoms with Gasteiger partial charge in [0.05, 0.1) is 17.7 Å². The lowest BCUT2D eigenvalue weighted by Gasteiger charge is -2.22. The lowest BCUT2D eigenvalue weighted by molar-refractivity contribution is -0.160. The zero-order valence-electron chi connectivity index (χ0n) is 12.8. The maximum Gasteiger partial charge on any atom is 0.242 e. The Balaban J connectivity index is 1.67. The minimum Gasteiger partial charge on any atom is -0.347 e. The molecule has 3 rings (SSSR count). The van der Waals surface area contributed by atoms with E-state index < -0.39 is 21.6 Å². The number of hydrogen-bond acceptors (Lipinski definition) is 4. The van der Waals surface area contributed by atoms with Gasteiger partial charge in [0.25, 0.3) is 0 Å². The Morgan fingerprint density at radius 3 is 2.78 bits per heavy atom. The summed E-state index contributed by atoms with van der Waals surface area (Å²) in [6.07, 6.45) is 3.48. The third-order valence-electron chi connectivity index (χ3n) is 4.28.